The van der Waals surface area contributed by atoms with Crippen molar-refractivity contribution < 1.29 is 14.3 Å². The molecule has 16 heavy (non-hydrogen) atoms. The lowest BCUT2D eigenvalue weighted by Crippen LogP contribution is -2.25. The quantitative estimate of drug-likeness (QED) is 0.780. The van der Waals surface area contributed by atoms with Crippen LogP contribution in [0.25, 0.3) is 0 Å². The average Bonchev–Trinajstić information content (AvgIpc) is 2.29. The molecule has 1 aromatic carbocycles. The van der Waals surface area contributed by atoms with Crippen LogP contribution in [0.15, 0.2) is 18.2 Å². The van der Waals surface area contributed by atoms with E-state index in [4.69, 9.17) is 4.74 Å². The molecular formula is C12H15NO3. The molecule has 0 saturated carbocycles. The van der Waals surface area contributed by atoms with Crippen molar-refractivity contribution in [2.75, 3.05) is 13.7 Å². The predicted molar refractivity (Wildman–Crippen MR) is 60.3 cm³/mol. The Morgan fingerprint density at radius 3 is 2.50 bits per heavy atom. The lowest BCUT2D eigenvalue weighted by Gasteiger charge is -2.05. The van der Waals surface area contributed by atoms with Crippen LogP contribution >= 0.6 is 0 Å². The van der Waals surface area contributed by atoms with Crippen LogP contribution < -0.4 is 5.32 Å². The van der Waals surface area contributed by atoms with Crippen LogP contribution in [0.1, 0.15) is 21.5 Å². The minimum atomic E-state index is -0.480. The first-order chi connectivity index (χ1) is 7.54. The van der Waals surface area contributed by atoms with Gasteiger partial charge < -0.3 is 10.1 Å². The molecule has 1 aromatic rings. The van der Waals surface area contributed by atoms with Crippen molar-refractivity contribution in [1.82, 2.24) is 5.32 Å². The van der Waals surface area contributed by atoms with E-state index >= 15 is 0 Å². The second kappa shape index (κ2) is 5.30. The van der Waals surface area contributed by atoms with Crippen molar-refractivity contribution in [3.8, 4) is 0 Å². The number of esters is 1. The van der Waals surface area contributed by atoms with Crippen molar-refractivity contribution in [3.05, 3.63) is 34.9 Å². The molecule has 1 rings (SSSR count). The second-order valence-corrected chi connectivity index (χ2v) is 3.55. The van der Waals surface area contributed by atoms with Gasteiger partial charge in [0.15, 0.2) is 6.61 Å². The number of carbonyl (C=O) groups is 2. The molecule has 0 aromatic heterocycles. The highest BCUT2D eigenvalue weighted by Gasteiger charge is 2.09. The smallest absolute Gasteiger partial charge is 0.338 e. The lowest BCUT2D eigenvalue weighted by atomic mass is 10.1. The van der Waals surface area contributed by atoms with Gasteiger partial charge in [0, 0.05) is 7.05 Å². The highest BCUT2D eigenvalue weighted by Crippen LogP contribution is 2.10. The molecule has 0 atom stereocenters. The topological polar surface area (TPSA) is 55.4 Å². The monoisotopic (exact) mass is 221 g/mol. The van der Waals surface area contributed by atoms with E-state index in [0.717, 1.165) is 11.1 Å². The van der Waals surface area contributed by atoms with E-state index in [-0.39, 0.29) is 12.5 Å². The molecular weight excluding hydrogens is 206 g/mol. The zero-order valence-electron chi connectivity index (χ0n) is 9.66. The summed E-state index contributed by atoms with van der Waals surface area (Å²) in [6.45, 7) is 3.64. The zero-order valence-corrected chi connectivity index (χ0v) is 9.66. The highest BCUT2D eigenvalue weighted by atomic mass is 16.5. The van der Waals surface area contributed by atoms with Crippen molar-refractivity contribution in [2.24, 2.45) is 0 Å². The summed E-state index contributed by atoms with van der Waals surface area (Å²) in [5, 5.41) is 2.38. The van der Waals surface area contributed by atoms with Gasteiger partial charge in [0.2, 0.25) is 0 Å². The van der Waals surface area contributed by atoms with E-state index in [9.17, 15) is 9.59 Å². The standard InChI is InChI=1S/C12H15NO3/c1-8-4-5-10(6-9(8)2)12(15)16-7-11(14)13-3/h4-6H,7H2,1-3H3,(H,13,14). The highest BCUT2D eigenvalue weighted by molar-refractivity contribution is 5.91. The Morgan fingerprint density at radius 1 is 1.25 bits per heavy atom. The zero-order chi connectivity index (χ0) is 12.1. The normalized spacial score (nSPS) is 9.69. The van der Waals surface area contributed by atoms with Crippen LogP contribution in [0.5, 0.6) is 0 Å². The van der Waals surface area contributed by atoms with Crippen molar-refractivity contribution in [2.45, 2.75) is 13.8 Å². The van der Waals surface area contributed by atoms with Crippen LogP contribution in [-0.2, 0) is 9.53 Å². The largest absolute Gasteiger partial charge is 0.452 e. The first-order valence-corrected chi connectivity index (χ1v) is 4.99. The Bertz CT molecular complexity index is 413. The molecule has 4 heteroatoms. The van der Waals surface area contributed by atoms with Gasteiger partial charge >= 0.3 is 5.97 Å². The Balaban J connectivity index is 2.66. The van der Waals surface area contributed by atoms with Crippen LogP contribution in [0.2, 0.25) is 0 Å². The van der Waals surface area contributed by atoms with Gasteiger partial charge in [-0.15, -0.1) is 0 Å². The number of carbonyl (C=O) groups excluding carboxylic acids is 2. The maximum atomic E-state index is 11.5. The molecule has 86 valence electrons. The van der Waals surface area contributed by atoms with Gasteiger partial charge in [0.25, 0.3) is 5.91 Å². The molecule has 0 radical (unpaired) electrons. The molecule has 0 bridgehead atoms. The average molecular weight is 221 g/mol. The maximum Gasteiger partial charge on any atom is 0.338 e. The molecule has 0 heterocycles. The summed E-state index contributed by atoms with van der Waals surface area (Å²) in [7, 11) is 1.49. The van der Waals surface area contributed by atoms with Crippen LogP contribution in [-0.4, -0.2) is 25.5 Å². The number of nitrogens with one attached hydrogen (secondary N) is 1. The Hall–Kier alpha value is -1.84. The molecule has 0 fully saturated rings. The van der Waals surface area contributed by atoms with Crippen LogP contribution in [0.3, 0.4) is 0 Å². The van der Waals surface area contributed by atoms with E-state index in [0.29, 0.717) is 5.56 Å². The first kappa shape index (κ1) is 12.2. The Labute approximate surface area is 94.6 Å². The number of hydrogen-bond donors (Lipinski definition) is 1. The van der Waals surface area contributed by atoms with E-state index in [1.165, 1.54) is 7.05 Å². The third-order valence-corrected chi connectivity index (χ3v) is 2.36. The fourth-order valence-corrected chi connectivity index (χ4v) is 1.15. The number of benzene rings is 1. The molecule has 0 saturated heterocycles. The maximum absolute atomic E-state index is 11.5. The third kappa shape index (κ3) is 3.08. The molecule has 0 aliphatic heterocycles. The minimum Gasteiger partial charge on any atom is -0.452 e. The fraction of sp³-hybridized carbons (Fsp3) is 0.333. The molecule has 0 aliphatic carbocycles. The second-order valence-electron chi connectivity index (χ2n) is 3.55. The van der Waals surface area contributed by atoms with E-state index in [1.54, 1.807) is 12.1 Å². The molecule has 1 N–H and O–H groups in total. The molecule has 4 nitrogen and oxygen atoms in total. The molecule has 1 amide bonds. The SMILES string of the molecule is CNC(=O)COC(=O)c1ccc(C)c(C)c1. The van der Waals surface area contributed by atoms with Gasteiger partial charge in [-0.2, -0.15) is 0 Å². The molecule has 0 spiro atoms. The van der Waals surface area contributed by atoms with Gasteiger partial charge in [0.05, 0.1) is 5.56 Å². The summed E-state index contributed by atoms with van der Waals surface area (Å²) in [5.41, 5.74) is 2.60. The van der Waals surface area contributed by atoms with Gasteiger partial charge in [-0.25, -0.2) is 4.79 Å². The van der Waals surface area contributed by atoms with E-state index in [1.807, 2.05) is 19.9 Å². The van der Waals surface area contributed by atoms with Crippen LogP contribution in [0, 0.1) is 13.8 Å². The van der Waals surface area contributed by atoms with Gasteiger partial charge in [0.1, 0.15) is 0 Å². The Morgan fingerprint density at radius 2 is 1.94 bits per heavy atom. The minimum absolute atomic E-state index is 0.248. The fourth-order valence-electron chi connectivity index (χ4n) is 1.15. The summed E-state index contributed by atoms with van der Waals surface area (Å²) in [4.78, 5) is 22.4. The summed E-state index contributed by atoms with van der Waals surface area (Å²) in [6, 6.07) is 5.29. The number of amides is 1. The summed E-state index contributed by atoms with van der Waals surface area (Å²) in [6.07, 6.45) is 0. The van der Waals surface area contributed by atoms with E-state index in [2.05, 4.69) is 5.32 Å². The van der Waals surface area contributed by atoms with Crippen molar-refractivity contribution in [1.29, 1.82) is 0 Å². The predicted octanol–water partition coefficient (Wildman–Crippen LogP) is 1.21. The number of hydrogen-bond acceptors (Lipinski definition) is 3. The summed E-state index contributed by atoms with van der Waals surface area (Å²) in [5.74, 6) is -0.802. The number of aryl methyl sites for hydroxylation is 2. The first-order valence-electron chi connectivity index (χ1n) is 4.99. The molecule has 0 aliphatic rings. The number of rotatable bonds is 3. The van der Waals surface area contributed by atoms with Gasteiger partial charge in [-0.1, -0.05) is 6.07 Å². The Kier molecular flexibility index (Phi) is 4.05. The summed E-state index contributed by atoms with van der Waals surface area (Å²) < 4.78 is 4.82. The van der Waals surface area contributed by atoms with Gasteiger partial charge in [-0.05, 0) is 37.1 Å². The van der Waals surface area contributed by atoms with Crippen molar-refractivity contribution in [3.63, 3.8) is 0 Å². The molecule has 0 unspecified atom stereocenters. The summed E-state index contributed by atoms with van der Waals surface area (Å²) >= 11 is 0. The number of ether oxygens (including phenoxy) is 1. The van der Waals surface area contributed by atoms with Crippen LogP contribution in [0.4, 0.5) is 0 Å². The third-order valence-electron chi connectivity index (χ3n) is 2.36. The van der Waals surface area contributed by atoms with Gasteiger partial charge in [-0.3, -0.25) is 4.79 Å². The number of likely N-dealkylation sites (N-methyl/N-ethyl adjacent to an activating group) is 1. The lowest BCUT2D eigenvalue weighted by molar-refractivity contribution is -0.123. The van der Waals surface area contributed by atoms with Crippen molar-refractivity contribution >= 4 is 11.9 Å². The van der Waals surface area contributed by atoms with E-state index < -0.39 is 5.97 Å².